The molecule has 98 valence electrons. The molecule has 0 radical (unpaired) electrons. The summed E-state index contributed by atoms with van der Waals surface area (Å²) in [6.45, 7) is 0. The van der Waals surface area contributed by atoms with Gasteiger partial charge in [-0.25, -0.2) is 0 Å². The number of carbonyl (C=O) groups excluding carboxylic acids is 1. The zero-order chi connectivity index (χ0) is 13.9. The van der Waals surface area contributed by atoms with Gasteiger partial charge in [0.1, 0.15) is 6.04 Å². The maximum Gasteiger partial charge on any atom is 0.278 e. The van der Waals surface area contributed by atoms with Crippen molar-refractivity contribution in [1.29, 1.82) is 0 Å². The van der Waals surface area contributed by atoms with Gasteiger partial charge in [-0.3, -0.25) is 14.9 Å². The Labute approximate surface area is 103 Å². The van der Waals surface area contributed by atoms with Crippen molar-refractivity contribution in [3.63, 3.8) is 0 Å². The van der Waals surface area contributed by atoms with E-state index in [1.807, 2.05) is 0 Å². The van der Waals surface area contributed by atoms with Crippen LogP contribution in [0.25, 0.3) is 0 Å². The summed E-state index contributed by atoms with van der Waals surface area (Å²) in [6, 6.07) is 1.12. The molecular weight excluding hydrogens is 242 g/mol. The smallest absolute Gasteiger partial charge is 0.278 e. The van der Waals surface area contributed by atoms with Gasteiger partial charge in [-0.15, -0.1) is 0 Å². The lowest BCUT2D eigenvalue weighted by Gasteiger charge is -2.13. The minimum Gasteiger partial charge on any atom is -0.493 e. The van der Waals surface area contributed by atoms with E-state index in [-0.39, 0.29) is 22.7 Å². The van der Waals surface area contributed by atoms with Crippen LogP contribution in [0, 0.1) is 10.1 Å². The van der Waals surface area contributed by atoms with E-state index in [0.29, 0.717) is 0 Å². The monoisotopic (exact) mass is 255 g/mol. The van der Waals surface area contributed by atoms with E-state index in [0.717, 1.165) is 6.07 Å². The van der Waals surface area contributed by atoms with Crippen LogP contribution in [-0.2, 0) is 4.79 Å². The molecule has 0 saturated heterocycles. The molecule has 0 spiro atoms. The molecule has 8 heteroatoms. The molecule has 4 N–H and O–H groups in total. The summed E-state index contributed by atoms with van der Waals surface area (Å²) < 4.78 is 9.92. The van der Waals surface area contributed by atoms with E-state index in [4.69, 9.17) is 20.9 Å². The Balaban J connectivity index is 3.47. The number of nitro groups is 1. The van der Waals surface area contributed by atoms with Gasteiger partial charge in [0.15, 0.2) is 11.5 Å². The van der Waals surface area contributed by atoms with Crippen LogP contribution in [0.3, 0.4) is 0 Å². The number of ether oxygens (including phenoxy) is 2. The molecule has 18 heavy (non-hydrogen) atoms. The number of carbonyl (C=O) groups is 1. The van der Waals surface area contributed by atoms with Crippen LogP contribution in [0.5, 0.6) is 11.5 Å². The zero-order valence-electron chi connectivity index (χ0n) is 9.88. The Bertz CT molecular complexity index is 489. The van der Waals surface area contributed by atoms with Crippen LogP contribution in [0.4, 0.5) is 5.69 Å². The van der Waals surface area contributed by atoms with Crippen LogP contribution >= 0.6 is 0 Å². The van der Waals surface area contributed by atoms with E-state index < -0.39 is 16.9 Å². The fourth-order valence-electron chi connectivity index (χ4n) is 1.44. The van der Waals surface area contributed by atoms with E-state index in [2.05, 4.69) is 0 Å². The summed E-state index contributed by atoms with van der Waals surface area (Å²) in [5, 5.41) is 10.9. The standard InChI is InChI=1S/C10H13N3O5/c1-17-7-3-5(9(11)10(12)14)6(13(15)16)4-8(7)18-2/h3-4,9H,11H2,1-2H3,(H2,12,14). The fourth-order valence-corrected chi connectivity index (χ4v) is 1.44. The van der Waals surface area contributed by atoms with Crippen molar-refractivity contribution in [3.05, 3.63) is 27.8 Å². The molecule has 1 aromatic rings. The molecule has 0 aliphatic rings. The van der Waals surface area contributed by atoms with Crippen molar-refractivity contribution in [1.82, 2.24) is 0 Å². The molecule has 0 aliphatic carbocycles. The van der Waals surface area contributed by atoms with Crippen LogP contribution in [-0.4, -0.2) is 25.1 Å². The normalized spacial score (nSPS) is 11.7. The Morgan fingerprint density at radius 2 is 1.83 bits per heavy atom. The number of benzene rings is 1. The molecule has 0 aliphatic heterocycles. The zero-order valence-corrected chi connectivity index (χ0v) is 9.88. The number of nitrogens with two attached hydrogens (primary N) is 2. The summed E-state index contributed by atoms with van der Waals surface area (Å²) in [4.78, 5) is 21.3. The molecule has 0 aromatic heterocycles. The first-order valence-electron chi connectivity index (χ1n) is 4.87. The molecule has 1 atom stereocenters. The quantitative estimate of drug-likeness (QED) is 0.566. The first-order valence-corrected chi connectivity index (χ1v) is 4.87. The van der Waals surface area contributed by atoms with Gasteiger partial charge in [-0.05, 0) is 6.07 Å². The Hall–Kier alpha value is -2.35. The summed E-state index contributed by atoms with van der Waals surface area (Å²) >= 11 is 0. The highest BCUT2D eigenvalue weighted by Gasteiger charge is 2.26. The van der Waals surface area contributed by atoms with Crippen LogP contribution in [0.15, 0.2) is 12.1 Å². The van der Waals surface area contributed by atoms with Gasteiger partial charge in [0.25, 0.3) is 5.69 Å². The van der Waals surface area contributed by atoms with Gasteiger partial charge in [-0.2, -0.15) is 0 Å². The molecule has 0 heterocycles. The van der Waals surface area contributed by atoms with Crippen molar-refractivity contribution in [3.8, 4) is 11.5 Å². The van der Waals surface area contributed by atoms with Gasteiger partial charge in [-0.1, -0.05) is 0 Å². The third-order valence-electron chi connectivity index (χ3n) is 2.37. The van der Waals surface area contributed by atoms with E-state index in [9.17, 15) is 14.9 Å². The van der Waals surface area contributed by atoms with Gasteiger partial charge in [0.2, 0.25) is 5.91 Å². The average Bonchev–Trinajstić information content (AvgIpc) is 2.35. The largest absolute Gasteiger partial charge is 0.493 e. The molecule has 1 unspecified atom stereocenters. The van der Waals surface area contributed by atoms with Crippen molar-refractivity contribution in [2.75, 3.05) is 14.2 Å². The minimum atomic E-state index is -1.29. The minimum absolute atomic E-state index is 0.0230. The number of nitro benzene ring substituents is 1. The Morgan fingerprint density at radius 1 is 1.33 bits per heavy atom. The van der Waals surface area contributed by atoms with Crippen LogP contribution in [0.2, 0.25) is 0 Å². The van der Waals surface area contributed by atoms with E-state index in [1.54, 1.807) is 0 Å². The molecule has 1 amide bonds. The van der Waals surface area contributed by atoms with Gasteiger partial charge in [0, 0.05) is 0 Å². The molecule has 0 fully saturated rings. The maximum atomic E-state index is 11.0. The lowest BCUT2D eigenvalue weighted by molar-refractivity contribution is -0.385. The highest BCUT2D eigenvalue weighted by molar-refractivity contribution is 5.83. The predicted molar refractivity (Wildman–Crippen MR) is 62.3 cm³/mol. The molecule has 8 nitrogen and oxygen atoms in total. The number of primary amides is 1. The predicted octanol–water partition coefficient (Wildman–Crippen LogP) is 0.0971. The van der Waals surface area contributed by atoms with Crippen molar-refractivity contribution in [2.24, 2.45) is 11.5 Å². The first-order chi connectivity index (χ1) is 8.42. The highest BCUT2D eigenvalue weighted by atomic mass is 16.6. The number of rotatable bonds is 5. The SMILES string of the molecule is COc1cc(C(N)C(N)=O)c([N+](=O)[O-])cc1OC. The van der Waals surface area contributed by atoms with Crippen molar-refractivity contribution < 1.29 is 19.2 Å². The average molecular weight is 255 g/mol. The molecule has 0 bridgehead atoms. The summed E-state index contributed by atoms with van der Waals surface area (Å²) in [5.41, 5.74) is 10.2. The second-order valence-corrected chi connectivity index (χ2v) is 3.40. The number of methoxy groups -OCH3 is 2. The molecule has 0 saturated carbocycles. The van der Waals surface area contributed by atoms with Gasteiger partial charge in [0.05, 0.1) is 30.8 Å². The highest BCUT2D eigenvalue weighted by Crippen LogP contribution is 2.36. The first kappa shape index (κ1) is 13.7. The fraction of sp³-hybridized carbons (Fsp3) is 0.300. The van der Waals surface area contributed by atoms with E-state index in [1.165, 1.54) is 20.3 Å². The lowest BCUT2D eigenvalue weighted by atomic mass is 10.0. The summed E-state index contributed by atoms with van der Waals surface area (Å²) in [6.07, 6.45) is 0. The maximum absolute atomic E-state index is 11.0. The second kappa shape index (κ2) is 5.32. The third kappa shape index (κ3) is 2.48. The molecular formula is C10H13N3O5. The van der Waals surface area contributed by atoms with Crippen molar-refractivity contribution in [2.45, 2.75) is 6.04 Å². The number of hydrogen-bond donors (Lipinski definition) is 2. The van der Waals surface area contributed by atoms with Gasteiger partial charge < -0.3 is 20.9 Å². The number of hydrogen-bond acceptors (Lipinski definition) is 6. The topological polar surface area (TPSA) is 131 Å². The second-order valence-electron chi connectivity index (χ2n) is 3.40. The van der Waals surface area contributed by atoms with Gasteiger partial charge >= 0.3 is 0 Å². The number of amides is 1. The van der Waals surface area contributed by atoms with Crippen LogP contribution in [0.1, 0.15) is 11.6 Å². The Kier molecular flexibility index (Phi) is 4.05. The van der Waals surface area contributed by atoms with E-state index >= 15 is 0 Å². The third-order valence-corrected chi connectivity index (χ3v) is 2.37. The lowest BCUT2D eigenvalue weighted by Crippen LogP contribution is -2.28. The Morgan fingerprint density at radius 3 is 2.22 bits per heavy atom. The summed E-state index contributed by atoms with van der Waals surface area (Å²) in [7, 11) is 2.71. The summed E-state index contributed by atoms with van der Waals surface area (Å²) in [5.74, 6) is -0.468. The van der Waals surface area contributed by atoms with Crippen LogP contribution < -0.4 is 20.9 Å². The molecule has 1 aromatic carbocycles. The van der Waals surface area contributed by atoms with Crippen molar-refractivity contribution >= 4 is 11.6 Å². The number of nitrogens with zero attached hydrogens (tertiary/aromatic N) is 1. The molecule has 1 rings (SSSR count).